The normalized spacial score (nSPS) is 12.8. The van der Waals surface area contributed by atoms with Crippen LogP contribution in [0.1, 0.15) is 10.4 Å². The van der Waals surface area contributed by atoms with Crippen molar-refractivity contribution in [3.8, 4) is 34.4 Å². The largest absolute Gasteiger partial charge is 0.486 e. The van der Waals surface area contributed by atoms with Gasteiger partial charge in [-0.15, -0.1) is 10.2 Å². The zero-order valence-corrected chi connectivity index (χ0v) is 12.4. The SMILES string of the molecule is O=C(O)c1cccc(-c2nnc(-c3ccc4c(c3)OCCO4)o2)c1. The van der Waals surface area contributed by atoms with Crippen molar-refractivity contribution in [3.63, 3.8) is 0 Å². The Bertz CT molecular complexity index is 919. The van der Waals surface area contributed by atoms with Crippen molar-refractivity contribution < 1.29 is 23.8 Å². The van der Waals surface area contributed by atoms with Crippen LogP contribution in [0.15, 0.2) is 46.9 Å². The number of carboxylic acids is 1. The molecule has 24 heavy (non-hydrogen) atoms. The lowest BCUT2D eigenvalue weighted by molar-refractivity contribution is 0.0697. The molecule has 0 aliphatic carbocycles. The quantitative estimate of drug-likeness (QED) is 0.791. The summed E-state index contributed by atoms with van der Waals surface area (Å²) < 4.78 is 16.7. The molecule has 0 bridgehead atoms. The Labute approximate surface area is 136 Å². The number of aromatic nitrogens is 2. The van der Waals surface area contributed by atoms with Gasteiger partial charge in [-0.25, -0.2) is 4.79 Å². The molecule has 0 unspecified atom stereocenters. The first-order chi connectivity index (χ1) is 11.7. The van der Waals surface area contributed by atoms with Crippen LogP contribution >= 0.6 is 0 Å². The Hall–Kier alpha value is -3.35. The molecule has 7 nitrogen and oxygen atoms in total. The van der Waals surface area contributed by atoms with Gasteiger partial charge in [-0.3, -0.25) is 0 Å². The van der Waals surface area contributed by atoms with Crippen LogP contribution in [0.3, 0.4) is 0 Å². The molecule has 3 aromatic rings. The van der Waals surface area contributed by atoms with E-state index in [1.807, 2.05) is 0 Å². The second kappa shape index (κ2) is 5.69. The summed E-state index contributed by atoms with van der Waals surface area (Å²) >= 11 is 0. The highest BCUT2D eigenvalue weighted by Gasteiger charge is 2.16. The molecular formula is C17H12N2O5. The molecule has 0 radical (unpaired) electrons. The van der Waals surface area contributed by atoms with Crippen molar-refractivity contribution in [3.05, 3.63) is 48.0 Å². The van der Waals surface area contributed by atoms with Gasteiger partial charge in [0.15, 0.2) is 11.5 Å². The molecule has 0 atom stereocenters. The van der Waals surface area contributed by atoms with Gasteiger partial charge in [-0.2, -0.15) is 0 Å². The average molecular weight is 324 g/mol. The van der Waals surface area contributed by atoms with E-state index in [2.05, 4.69) is 10.2 Å². The molecule has 0 amide bonds. The van der Waals surface area contributed by atoms with Crippen molar-refractivity contribution in [2.45, 2.75) is 0 Å². The number of benzene rings is 2. The maximum atomic E-state index is 11.1. The van der Waals surface area contributed by atoms with Crippen LogP contribution in [-0.2, 0) is 0 Å². The van der Waals surface area contributed by atoms with Gasteiger partial charge >= 0.3 is 5.97 Å². The number of carbonyl (C=O) groups is 1. The predicted octanol–water partition coefficient (Wildman–Crippen LogP) is 2.87. The molecule has 120 valence electrons. The molecule has 2 aromatic carbocycles. The molecular weight excluding hydrogens is 312 g/mol. The standard InChI is InChI=1S/C17H12N2O5/c20-17(21)12-3-1-2-10(8-12)15-18-19-16(24-15)11-4-5-13-14(9-11)23-7-6-22-13/h1-5,8-9H,6-7H2,(H,20,21). The lowest BCUT2D eigenvalue weighted by Crippen LogP contribution is -2.15. The Balaban J connectivity index is 1.68. The molecule has 1 aliphatic rings. The Kier molecular flexibility index (Phi) is 3.38. The van der Waals surface area contributed by atoms with Crippen LogP contribution in [0.2, 0.25) is 0 Å². The summed E-state index contributed by atoms with van der Waals surface area (Å²) in [5.41, 5.74) is 1.41. The highest BCUT2D eigenvalue weighted by atomic mass is 16.6. The zero-order chi connectivity index (χ0) is 16.5. The van der Waals surface area contributed by atoms with Crippen LogP contribution in [0.4, 0.5) is 0 Å². The lowest BCUT2D eigenvalue weighted by Gasteiger charge is -2.18. The third-order valence-electron chi connectivity index (χ3n) is 3.57. The monoisotopic (exact) mass is 324 g/mol. The lowest BCUT2D eigenvalue weighted by atomic mass is 10.1. The van der Waals surface area contributed by atoms with E-state index in [1.54, 1.807) is 30.3 Å². The van der Waals surface area contributed by atoms with Gasteiger partial charge < -0.3 is 19.0 Å². The van der Waals surface area contributed by atoms with E-state index >= 15 is 0 Å². The van der Waals surface area contributed by atoms with Gasteiger partial charge in [0.05, 0.1) is 5.56 Å². The van der Waals surface area contributed by atoms with Gasteiger partial charge in [0.2, 0.25) is 11.8 Å². The van der Waals surface area contributed by atoms with Gasteiger partial charge in [-0.1, -0.05) is 6.07 Å². The molecule has 1 N–H and O–H groups in total. The first kappa shape index (κ1) is 14.3. The Morgan fingerprint density at radius 1 is 0.917 bits per heavy atom. The number of ether oxygens (including phenoxy) is 2. The maximum absolute atomic E-state index is 11.1. The summed E-state index contributed by atoms with van der Waals surface area (Å²) in [5.74, 6) is 0.874. The third kappa shape index (κ3) is 2.56. The van der Waals surface area contributed by atoms with Crippen LogP contribution < -0.4 is 9.47 Å². The summed E-state index contributed by atoms with van der Waals surface area (Å²) in [6, 6.07) is 11.7. The number of nitrogens with zero attached hydrogens (tertiary/aromatic N) is 2. The number of carboxylic acid groups (broad SMARTS) is 1. The van der Waals surface area contributed by atoms with E-state index in [-0.39, 0.29) is 11.5 Å². The highest BCUT2D eigenvalue weighted by molar-refractivity contribution is 5.89. The van der Waals surface area contributed by atoms with Gasteiger partial charge in [0.1, 0.15) is 13.2 Å². The fraction of sp³-hybridized carbons (Fsp3) is 0.118. The minimum atomic E-state index is -1.01. The minimum absolute atomic E-state index is 0.159. The van der Waals surface area contributed by atoms with Crippen molar-refractivity contribution >= 4 is 5.97 Å². The molecule has 0 fully saturated rings. The van der Waals surface area contributed by atoms with Crippen molar-refractivity contribution in [2.24, 2.45) is 0 Å². The average Bonchev–Trinajstić information content (AvgIpc) is 3.11. The first-order valence-corrected chi connectivity index (χ1v) is 7.28. The summed E-state index contributed by atoms with van der Waals surface area (Å²) in [7, 11) is 0. The van der Waals surface area contributed by atoms with Crippen molar-refractivity contribution in [2.75, 3.05) is 13.2 Å². The minimum Gasteiger partial charge on any atom is -0.486 e. The van der Waals surface area contributed by atoms with Crippen LogP contribution in [0, 0.1) is 0 Å². The maximum Gasteiger partial charge on any atom is 0.335 e. The Morgan fingerprint density at radius 3 is 2.38 bits per heavy atom. The van der Waals surface area contributed by atoms with E-state index in [4.69, 9.17) is 19.0 Å². The predicted molar refractivity (Wildman–Crippen MR) is 83.1 cm³/mol. The molecule has 7 heteroatoms. The summed E-state index contributed by atoms with van der Waals surface area (Å²) in [5, 5.41) is 17.1. The third-order valence-corrected chi connectivity index (χ3v) is 3.57. The molecule has 4 rings (SSSR count). The van der Waals surface area contributed by atoms with E-state index in [9.17, 15) is 4.79 Å². The smallest absolute Gasteiger partial charge is 0.335 e. The number of hydrogen-bond donors (Lipinski definition) is 1. The van der Waals surface area contributed by atoms with Gasteiger partial charge in [0, 0.05) is 11.1 Å². The number of aromatic carboxylic acids is 1. The molecule has 1 aliphatic heterocycles. The zero-order valence-electron chi connectivity index (χ0n) is 12.4. The number of rotatable bonds is 3. The van der Waals surface area contributed by atoms with Crippen LogP contribution in [-0.4, -0.2) is 34.5 Å². The fourth-order valence-electron chi connectivity index (χ4n) is 2.42. The molecule has 1 aromatic heterocycles. The van der Waals surface area contributed by atoms with E-state index < -0.39 is 5.97 Å². The fourth-order valence-corrected chi connectivity index (χ4v) is 2.42. The highest BCUT2D eigenvalue weighted by Crippen LogP contribution is 2.34. The number of hydrogen-bond acceptors (Lipinski definition) is 6. The first-order valence-electron chi connectivity index (χ1n) is 7.28. The van der Waals surface area contributed by atoms with Crippen LogP contribution in [0.5, 0.6) is 11.5 Å². The van der Waals surface area contributed by atoms with E-state index in [1.165, 1.54) is 12.1 Å². The molecule has 0 saturated carbocycles. The van der Waals surface area contributed by atoms with E-state index in [0.717, 1.165) is 0 Å². The summed E-state index contributed by atoms with van der Waals surface area (Å²) in [6.07, 6.45) is 0. The molecule has 0 spiro atoms. The summed E-state index contributed by atoms with van der Waals surface area (Å²) in [4.78, 5) is 11.1. The van der Waals surface area contributed by atoms with Crippen molar-refractivity contribution in [1.29, 1.82) is 0 Å². The van der Waals surface area contributed by atoms with Gasteiger partial charge in [-0.05, 0) is 36.4 Å². The Morgan fingerprint density at radius 2 is 1.62 bits per heavy atom. The number of fused-ring (bicyclic) bond motifs is 1. The van der Waals surface area contributed by atoms with Crippen molar-refractivity contribution in [1.82, 2.24) is 10.2 Å². The molecule has 2 heterocycles. The second-order valence-corrected chi connectivity index (χ2v) is 5.16. The topological polar surface area (TPSA) is 94.7 Å². The second-order valence-electron chi connectivity index (χ2n) is 5.16. The van der Waals surface area contributed by atoms with Gasteiger partial charge in [0.25, 0.3) is 0 Å². The van der Waals surface area contributed by atoms with E-state index in [0.29, 0.717) is 41.7 Å². The summed E-state index contributed by atoms with van der Waals surface area (Å²) in [6.45, 7) is 1.02. The van der Waals surface area contributed by atoms with Crippen LogP contribution in [0.25, 0.3) is 22.9 Å². The molecule has 0 saturated heterocycles.